The van der Waals surface area contributed by atoms with Crippen molar-refractivity contribution in [1.29, 1.82) is 5.41 Å². The molecule has 2 aromatic carbocycles. The summed E-state index contributed by atoms with van der Waals surface area (Å²) in [4.78, 5) is 39.4. The van der Waals surface area contributed by atoms with Gasteiger partial charge in [-0.15, -0.1) is 0 Å². The number of rotatable bonds is 7. The van der Waals surface area contributed by atoms with Crippen LogP contribution in [0.2, 0.25) is 0 Å². The number of fused-ring (bicyclic) bond motifs is 1. The Hall–Kier alpha value is -3.66. The number of nitrogens with zero attached hydrogens (tertiary/aromatic N) is 2. The van der Waals surface area contributed by atoms with Crippen molar-refractivity contribution in [2.75, 3.05) is 12.0 Å². The predicted octanol–water partition coefficient (Wildman–Crippen LogP) is 4.64. The van der Waals surface area contributed by atoms with Gasteiger partial charge in [-0.1, -0.05) is 23.5 Å². The number of nitrogens with one attached hydrogen (secondary N) is 2. The van der Waals surface area contributed by atoms with Crippen LogP contribution in [-0.2, 0) is 16.0 Å². The molecule has 3 aromatic rings. The third-order valence-corrected chi connectivity index (χ3v) is 6.44. The molecule has 9 nitrogen and oxygen atoms in total. The molecule has 1 aliphatic rings. The first-order valence-electron chi connectivity index (χ1n) is 11.8. The normalized spacial score (nSPS) is 13.3. The summed E-state index contributed by atoms with van der Waals surface area (Å²) in [5.41, 5.74) is 4.51. The Morgan fingerprint density at radius 3 is 2.39 bits per heavy atom. The van der Waals surface area contributed by atoms with Gasteiger partial charge in [-0.3, -0.25) is 15.6 Å². The Kier molecular flexibility index (Phi) is 7.16. The molecule has 0 radical (unpaired) electrons. The van der Waals surface area contributed by atoms with Crippen molar-refractivity contribution < 1.29 is 23.9 Å². The van der Waals surface area contributed by atoms with Crippen LogP contribution < -0.4 is 10.2 Å². The average Bonchev–Trinajstić information content (AvgIpc) is 3.60. The summed E-state index contributed by atoms with van der Waals surface area (Å²) in [6, 6.07) is 12.2. The standard InChI is InChI=1S/C26H30N4O5S/c1-5-34-23(32)18-10-13-20-21(14-18)36-24(27)30(20)28-22(31)17-8-6-16(7-9-17)15-29(19-11-12-19)25(33)35-26(2,3)4/h6-10,13-14,19,27H,5,11-12,15H2,1-4H3,(H,28,31). The van der Waals surface area contributed by atoms with Crippen molar-refractivity contribution in [3.05, 3.63) is 64.0 Å². The highest BCUT2D eigenvalue weighted by Crippen LogP contribution is 2.30. The average molecular weight is 511 g/mol. The van der Waals surface area contributed by atoms with Crippen molar-refractivity contribution in [3.63, 3.8) is 0 Å². The SMILES string of the molecule is CCOC(=O)c1ccc2c(c1)sc(=N)n2NC(=O)c1ccc(CN(C(=O)OC(C)(C)C)C2CC2)cc1. The highest BCUT2D eigenvalue weighted by atomic mass is 32.1. The van der Waals surface area contributed by atoms with E-state index in [4.69, 9.17) is 14.9 Å². The fraction of sp³-hybridized carbons (Fsp3) is 0.385. The maximum Gasteiger partial charge on any atom is 0.410 e. The molecule has 4 rings (SSSR count). The van der Waals surface area contributed by atoms with Gasteiger partial charge in [-0.2, -0.15) is 0 Å². The number of hydrogen-bond acceptors (Lipinski definition) is 7. The van der Waals surface area contributed by atoms with E-state index in [-0.39, 0.29) is 29.5 Å². The van der Waals surface area contributed by atoms with Gasteiger partial charge in [-0.05, 0) is 76.4 Å². The van der Waals surface area contributed by atoms with Crippen LogP contribution >= 0.6 is 11.3 Å². The van der Waals surface area contributed by atoms with E-state index in [0.717, 1.165) is 29.7 Å². The van der Waals surface area contributed by atoms with Gasteiger partial charge in [0.25, 0.3) is 5.91 Å². The molecule has 1 heterocycles. The van der Waals surface area contributed by atoms with Gasteiger partial charge in [0.1, 0.15) is 5.60 Å². The molecule has 10 heteroatoms. The van der Waals surface area contributed by atoms with Crippen LogP contribution in [0.4, 0.5) is 4.79 Å². The number of carbonyl (C=O) groups excluding carboxylic acids is 3. The van der Waals surface area contributed by atoms with Crippen LogP contribution in [-0.4, -0.2) is 45.8 Å². The smallest absolute Gasteiger partial charge is 0.410 e. The van der Waals surface area contributed by atoms with Crippen LogP contribution in [0, 0.1) is 5.41 Å². The minimum absolute atomic E-state index is 0.119. The summed E-state index contributed by atoms with van der Waals surface area (Å²) in [6.07, 6.45) is 1.59. The summed E-state index contributed by atoms with van der Waals surface area (Å²) in [5, 5.41) is 8.27. The molecule has 0 unspecified atom stereocenters. The van der Waals surface area contributed by atoms with Gasteiger partial charge in [0, 0.05) is 18.2 Å². The van der Waals surface area contributed by atoms with E-state index in [0.29, 0.717) is 27.9 Å². The molecule has 0 aliphatic heterocycles. The van der Waals surface area contributed by atoms with Crippen LogP contribution in [0.5, 0.6) is 0 Å². The number of amides is 2. The number of aromatic nitrogens is 1. The van der Waals surface area contributed by atoms with Gasteiger partial charge >= 0.3 is 12.1 Å². The van der Waals surface area contributed by atoms with Crippen molar-refractivity contribution >= 4 is 39.5 Å². The lowest BCUT2D eigenvalue weighted by molar-refractivity contribution is 0.0216. The van der Waals surface area contributed by atoms with E-state index in [9.17, 15) is 14.4 Å². The zero-order chi connectivity index (χ0) is 26.0. The van der Waals surface area contributed by atoms with Crippen LogP contribution in [0.15, 0.2) is 42.5 Å². The second kappa shape index (κ2) is 10.1. The summed E-state index contributed by atoms with van der Waals surface area (Å²) in [6.45, 7) is 7.97. The Labute approximate surface area is 213 Å². The molecule has 0 spiro atoms. The molecular weight excluding hydrogens is 480 g/mol. The predicted molar refractivity (Wildman–Crippen MR) is 137 cm³/mol. The molecule has 0 saturated heterocycles. The summed E-state index contributed by atoms with van der Waals surface area (Å²) >= 11 is 1.15. The Balaban J connectivity index is 1.46. The first kappa shape index (κ1) is 25.4. The van der Waals surface area contributed by atoms with E-state index in [2.05, 4.69) is 5.43 Å². The quantitative estimate of drug-likeness (QED) is 0.450. The van der Waals surface area contributed by atoms with Gasteiger partial charge < -0.3 is 14.4 Å². The molecule has 2 amide bonds. The fourth-order valence-corrected chi connectivity index (χ4v) is 4.56. The van der Waals surface area contributed by atoms with Gasteiger partial charge in [0.15, 0.2) is 0 Å². The summed E-state index contributed by atoms with van der Waals surface area (Å²) in [5.74, 6) is -0.803. The second-order valence-corrected chi connectivity index (χ2v) is 10.7. The van der Waals surface area contributed by atoms with E-state index >= 15 is 0 Å². The fourth-order valence-electron chi connectivity index (χ4n) is 3.67. The van der Waals surface area contributed by atoms with Crippen molar-refractivity contribution in [2.24, 2.45) is 0 Å². The maximum absolute atomic E-state index is 12.9. The Morgan fingerprint density at radius 1 is 1.11 bits per heavy atom. The number of carbonyl (C=O) groups is 3. The molecule has 0 bridgehead atoms. The van der Waals surface area contributed by atoms with Gasteiger partial charge in [0.05, 0.1) is 22.4 Å². The summed E-state index contributed by atoms with van der Waals surface area (Å²) in [7, 11) is 0. The molecule has 0 atom stereocenters. The highest BCUT2D eigenvalue weighted by molar-refractivity contribution is 7.16. The topological polar surface area (TPSA) is 114 Å². The molecule has 190 valence electrons. The van der Waals surface area contributed by atoms with E-state index in [1.807, 2.05) is 32.9 Å². The molecule has 1 aliphatic carbocycles. The summed E-state index contributed by atoms with van der Waals surface area (Å²) < 4.78 is 12.7. The zero-order valence-corrected chi connectivity index (χ0v) is 21.6. The number of esters is 1. The minimum atomic E-state index is -0.563. The van der Waals surface area contributed by atoms with E-state index in [1.165, 1.54) is 4.68 Å². The molecule has 1 saturated carbocycles. The maximum atomic E-state index is 12.9. The molecule has 1 aromatic heterocycles. The molecule has 36 heavy (non-hydrogen) atoms. The first-order chi connectivity index (χ1) is 17.1. The zero-order valence-electron chi connectivity index (χ0n) is 20.8. The first-order valence-corrected chi connectivity index (χ1v) is 12.6. The third kappa shape index (κ3) is 5.93. The van der Waals surface area contributed by atoms with Crippen molar-refractivity contribution in [2.45, 2.75) is 58.7 Å². The number of ether oxygens (including phenoxy) is 2. The highest BCUT2D eigenvalue weighted by Gasteiger charge is 2.35. The number of hydrogen-bond donors (Lipinski definition) is 2. The largest absolute Gasteiger partial charge is 0.462 e. The van der Waals surface area contributed by atoms with E-state index in [1.54, 1.807) is 42.2 Å². The number of benzene rings is 2. The molecule has 2 N–H and O–H groups in total. The molecular formula is C26H30N4O5S. The lowest BCUT2D eigenvalue weighted by atomic mass is 10.1. The van der Waals surface area contributed by atoms with Crippen LogP contribution in [0.25, 0.3) is 10.2 Å². The Morgan fingerprint density at radius 2 is 1.78 bits per heavy atom. The third-order valence-electron chi connectivity index (χ3n) is 5.52. The van der Waals surface area contributed by atoms with Crippen LogP contribution in [0.3, 0.4) is 0 Å². The van der Waals surface area contributed by atoms with Gasteiger partial charge in [0.2, 0.25) is 4.80 Å². The Bertz CT molecular complexity index is 1350. The van der Waals surface area contributed by atoms with Crippen molar-refractivity contribution in [1.82, 2.24) is 9.58 Å². The lowest BCUT2D eigenvalue weighted by Gasteiger charge is -2.27. The van der Waals surface area contributed by atoms with Crippen molar-refractivity contribution in [3.8, 4) is 0 Å². The lowest BCUT2D eigenvalue weighted by Crippen LogP contribution is -2.37. The monoisotopic (exact) mass is 510 g/mol. The van der Waals surface area contributed by atoms with Gasteiger partial charge in [-0.25, -0.2) is 14.3 Å². The molecule has 1 fully saturated rings. The van der Waals surface area contributed by atoms with Crippen LogP contribution in [0.1, 0.15) is 66.8 Å². The number of thiazole rings is 1. The van der Waals surface area contributed by atoms with E-state index < -0.39 is 11.6 Å². The minimum Gasteiger partial charge on any atom is -0.462 e. The second-order valence-electron chi connectivity index (χ2n) is 9.62.